The topological polar surface area (TPSA) is 57.6 Å². The van der Waals surface area contributed by atoms with Crippen LogP contribution in [0.4, 0.5) is 11.4 Å². The number of thioether (sulfide) groups is 1. The van der Waals surface area contributed by atoms with E-state index in [0.29, 0.717) is 18.4 Å². The zero-order valence-electron chi connectivity index (χ0n) is 16.7. The Balaban J connectivity index is 1.58. The highest BCUT2D eigenvalue weighted by atomic mass is 32.2. The van der Waals surface area contributed by atoms with Gasteiger partial charge >= 0.3 is 5.97 Å². The lowest BCUT2D eigenvalue weighted by atomic mass is 9.96. The van der Waals surface area contributed by atoms with Crippen molar-refractivity contribution in [1.29, 1.82) is 0 Å². The molecule has 2 aliphatic rings. The van der Waals surface area contributed by atoms with Gasteiger partial charge in [0.15, 0.2) is 0 Å². The number of fused-ring (bicyclic) bond motifs is 3. The van der Waals surface area contributed by atoms with Crippen molar-refractivity contribution in [3.8, 4) is 0 Å². The third-order valence-electron chi connectivity index (χ3n) is 6.15. The first kappa shape index (κ1) is 20.0. The zero-order chi connectivity index (χ0) is 20.4. The molecule has 1 saturated carbocycles. The first-order valence-corrected chi connectivity index (χ1v) is 11.4. The van der Waals surface area contributed by atoms with E-state index in [-0.39, 0.29) is 0 Å². The fourth-order valence-electron chi connectivity index (χ4n) is 4.76. The SMILES string of the molecule is CCCCC(Sc1ccc(N2c3ccc(C=O)cc3C3CCCC32)cc1)C(=O)O. The number of nitrogens with zero attached hydrogens (tertiary/aromatic N) is 1. The number of aliphatic carboxylic acids is 1. The Bertz CT molecular complexity index is 895. The molecule has 0 amide bonds. The first-order chi connectivity index (χ1) is 14.1. The summed E-state index contributed by atoms with van der Waals surface area (Å²) in [5.74, 6) is -0.245. The van der Waals surface area contributed by atoms with Crippen molar-refractivity contribution in [2.75, 3.05) is 4.90 Å². The largest absolute Gasteiger partial charge is 0.480 e. The summed E-state index contributed by atoms with van der Waals surface area (Å²) in [7, 11) is 0. The average Bonchev–Trinajstić information content (AvgIpc) is 3.32. The van der Waals surface area contributed by atoms with Crippen LogP contribution in [0.3, 0.4) is 0 Å². The number of carbonyl (C=O) groups is 2. The molecular weight excluding hydrogens is 382 g/mol. The molecule has 1 aliphatic carbocycles. The molecule has 0 spiro atoms. The van der Waals surface area contributed by atoms with Crippen LogP contribution in [-0.4, -0.2) is 28.7 Å². The van der Waals surface area contributed by atoms with Crippen molar-refractivity contribution in [1.82, 2.24) is 0 Å². The van der Waals surface area contributed by atoms with Gasteiger partial charge in [-0.1, -0.05) is 26.2 Å². The summed E-state index contributed by atoms with van der Waals surface area (Å²) in [5.41, 5.74) is 4.39. The number of aldehydes is 1. The fraction of sp³-hybridized carbons (Fsp3) is 0.417. The third kappa shape index (κ3) is 3.93. The number of hydrogen-bond acceptors (Lipinski definition) is 4. The second kappa shape index (κ2) is 8.62. The molecule has 1 heterocycles. The summed E-state index contributed by atoms with van der Waals surface area (Å²) in [4.78, 5) is 26.2. The minimum absolute atomic E-state index is 0.394. The molecule has 3 atom stereocenters. The summed E-state index contributed by atoms with van der Waals surface area (Å²) in [5, 5.41) is 9.10. The minimum Gasteiger partial charge on any atom is -0.480 e. The van der Waals surface area contributed by atoms with Crippen LogP contribution in [0.15, 0.2) is 47.4 Å². The van der Waals surface area contributed by atoms with Gasteiger partial charge in [0.2, 0.25) is 0 Å². The molecule has 1 N–H and O–H groups in total. The first-order valence-electron chi connectivity index (χ1n) is 10.5. The molecule has 2 aromatic carbocycles. The van der Waals surface area contributed by atoms with Crippen LogP contribution in [0, 0.1) is 0 Å². The molecule has 0 saturated heterocycles. The molecule has 4 rings (SSSR count). The summed E-state index contributed by atoms with van der Waals surface area (Å²) in [6.45, 7) is 2.08. The molecule has 2 aromatic rings. The molecule has 5 heteroatoms. The van der Waals surface area contributed by atoms with E-state index in [9.17, 15) is 14.7 Å². The van der Waals surface area contributed by atoms with Gasteiger partial charge in [0.05, 0.1) is 0 Å². The smallest absolute Gasteiger partial charge is 0.316 e. The van der Waals surface area contributed by atoms with Crippen molar-refractivity contribution in [2.45, 2.75) is 67.6 Å². The van der Waals surface area contributed by atoms with Gasteiger partial charge < -0.3 is 10.0 Å². The lowest BCUT2D eigenvalue weighted by molar-refractivity contribution is -0.136. The third-order valence-corrected chi connectivity index (χ3v) is 7.41. The van der Waals surface area contributed by atoms with Gasteiger partial charge in [-0.25, -0.2) is 0 Å². The maximum absolute atomic E-state index is 11.5. The Hall–Kier alpha value is -2.27. The standard InChI is InChI=1S/C24H27NO3S/c1-2-3-7-23(24(27)28)29-18-11-9-17(10-12-18)25-21-6-4-5-19(21)20-14-16(15-26)8-13-22(20)25/h8-15,19,21,23H,2-7H2,1H3,(H,27,28). The molecule has 29 heavy (non-hydrogen) atoms. The van der Waals surface area contributed by atoms with Crippen molar-refractivity contribution >= 4 is 35.4 Å². The second-order valence-electron chi connectivity index (χ2n) is 7.99. The van der Waals surface area contributed by atoms with Crippen molar-refractivity contribution in [3.05, 3.63) is 53.6 Å². The molecular formula is C24H27NO3S. The lowest BCUT2D eigenvalue weighted by Crippen LogP contribution is -2.26. The molecule has 152 valence electrons. The normalized spacial score (nSPS) is 20.9. The van der Waals surface area contributed by atoms with Crippen LogP contribution in [0.1, 0.15) is 67.3 Å². The maximum atomic E-state index is 11.5. The van der Waals surface area contributed by atoms with Crippen molar-refractivity contribution in [2.24, 2.45) is 0 Å². The monoisotopic (exact) mass is 409 g/mol. The highest BCUT2D eigenvalue weighted by Gasteiger charge is 2.42. The molecule has 4 nitrogen and oxygen atoms in total. The van der Waals surface area contributed by atoms with Gasteiger partial charge in [-0.2, -0.15) is 0 Å². The van der Waals surface area contributed by atoms with E-state index in [0.717, 1.165) is 41.7 Å². The highest BCUT2D eigenvalue weighted by molar-refractivity contribution is 8.00. The Labute approximate surface area is 176 Å². The Morgan fingerprint density at radius 3 is 2.72 bits per heavy atom. The number of benzene rings is 2. The van der Waals surface area contributed by atoms with Crippen molar-refractivity contribution < 1.29 is 14.7 Å². The summed E-state index contributed by atoms with van der Waals surface area (Å²) >= 11 is 1.44. The number of hydrogen-bond donors (Lipinski definition) is 1. The molecule has 0 radical (unpaired) electrons. The van der Waals surface area contributed by atoms with Crippen LogP contribution in [0.25, 0.3) is 0 Å². The van der Waals surface area contributed by atoms with E-state index in [1.807, 2.05) is 18.2 Å². The van der Waals surface area contributed by atoms with E-state index in [1.54, 1.807) is 0 Å². The molecule has 1 aliphatic heterocycles. The van der Waals surface area contributed by atoms with Crippen LogP contribution in [-0.2, 0) is 4.79 Å². The number of unbranched alkanes of at least 4 members (excludes halogenated alkanes) is 1. The van der Waals surface area contributed by atoms with Crippen LogP contribution in [0.5, 0.6) is 0 Å². The Morgan fingerprint density at radius 1 is 1.24 bits per heavy atom. The number of carbonyl (C=O) groups excluding carboxylic acids is 1. The van der Waals surface area contributed by atoms with E-state index < -0.39 is 11.2 Å². The molecule has 1 fully saturated rings. The summed E-state index contributed by atoms with van der Waals surface area (Å²) in [6, 6.07) is 14.8. The molecule has 0 bridgehead atoms. The number of rotatable bonds is 8. The predicted molar refractivity (Wildman–Crippen MR) is 118 cm³/mol. The van der Waals surface area contributed by atoms with E-state index in [4.69, 9.17) is 0 Å². The van der Waals surface area contributed by atoms with Gasteiger partial charge in [-0.05, 0) is 67.3 Å². The summed E-state index contributed by atoms with van der Waals surface area (Å²) < 4.78 is 0. The van der Waals surface area contributed by atoms with Gasteiger partial charge in [0.25, 0.3) is 0 Å². The zero-order valence-corrected chi connectivity index (χ0v) is 17.5. The Morgan fingerprint density at radius 2 is 2.03 bits per heavy atom. The number of carboxylic acid groups (broad SMARTS) is 1. The van der Waals surface area contributed by atoms with E-state index >= 15 is 0 Å². The van der Waals surface area contributed by atoms with Gasteiger partial charge in [-0.15, -0.1) is 11.8 Å². The van der Waals surface area contributed by atoms with Crippen LogP contribution >= 0.6 is 11.8 Å². The van der Waals surface area contributed by atoms with Gasteiger partial charge in [-0.3, -0.25) is 9.59 Å². The lowest BCUT2D eigenvalue weighted by Gasteiger charge is -2.27. The second-order valence-corrected chi connectivity index (χ2v) is 9.27. The minimum atomic E-state index is -0.735. The van der Waals surface area contributed by atoms with E-state index in [1.165, 1.54) is 35.9 Å². The highest BCUT2D eigenvalue weighted by Crippen LogP contribution is 2.52. The maximum Gasteiger partial charge on any atom is 0.316 e. The summed E-state index contributed by atoms with van der Waals surface area (Å²) in [6.07, 6.45) is 7.09. The fourth-order valence-corrected chi connectivity index (χ4v) is 5.76. The van der Waals surface area contributed by atoms with Gasteiger partial charge in [0.1, 0.15) is 11.5 Å². The molecule has 0 aromatic heterocycles. The van der Waals surface area contributed by atoms with E-state index in [2.05, 4.69) is 36.1 Å². The molecule has 3 unspecified atom stereocenters. The van der Waals surface area contributed by atoms with Crippen LogP contribution < -0.4 is 4.90 Å². The average molecular weight is 410 g/mol. The van der Waals surface area contributed by atoms with Gasteiger partial charge in [0, 0.05) is 33.8 Å². The Kier molecular flexibility index (Phi) is 5.95. The quantitative estimate of drug-likeness (QED) is 0.427. The number of carboxylic acids is 1. The number of anilines is 2. The predicted octanol–water partition coefficient (Wildman–Crippen LogP) is 6.02. The van der Waals surface area contributed by atoms with Crippen molar-refractivity contribution in [3.63, 3.8) is 0 Å². The van der Waals surface area contributed by atoms with Crippen LogP contribution in [0.2, 0.25) is 0 Å².